The highest BCUT2D eigenvalue weighted by atomic mass is 16.3. The molecule has 1 aromatic rings. The Bertz CT molecular complexity index is 955. The Morgan fingerprint density at radius 3 is 2.53 bits per heavy atom. The Morgan fingerprint density at radius 1 is 1.11 bits per heavy atom. The number of carbonyl (C=O) groups excluding carboxylic acids is 2. The van der Waals surface area contributed by atoms with Crippen LogP contribution in [0.2, 0.25) is 0 Å². The van der Waals surface area contributed by atoms with Crippen molar-refractivity contribution in [3.05, 3.63) is 29.3 Å². The van der Waals surface area contributed by atoms with Crippen molar-refractivity contribution in [2.75, 3.05) is 51.7 Å². The molecule has 1 aliphatic carbocycles. The van der Waals surface area contributed by atoms with Crippen LogP contribution in [0, 0.1) is 5.92 Å². The standard InChI is InChI=1S/C28H43N5O3/c1-19(34)26-25(31(3)28(36)29-21-7-5-4-6-8-21)18-24-23-17-22(32-15-13-30(2)14-16-32)10-9-20(23)11-12-33(24)27(26)35/h9-10,17,19,21,24-26,34H,4-8,11-16,18H2,1-3H3,(H,29,36)/t19-,24-,25-,26-/m0/s1. The molecule has 0 bridgehead atoms. The molecule has 5 rings (SSSR count). The summed E-state index contributed by atoms with van der Waals surface area (Å²) < 4.78 is 0. The zero-order valence-electron chi connectivity index (χ0n) is 22.2. The van der Waals surface area contributed by atoms with Crippen LogP contribution in [0.25, 0.3) is 0 Å². The normalized spacial score (nSPS) is 28.3. The van der Waals surface area contributed by atoms with E-state index in [2.05, 4.69) is 40.4 Å². The Labute approximate surface area is 215 Å². The van der Waals surface area contributed by atoms with Crippen molar-refractivity contribution in [2.24, 2.45) is 5.92 Å². The maximum Gasteiger partial charge on any atom is 0.317 e. The maximum absolute atomic E-state index is 13.8. The van der Waals surface area contributed by atoms with Gasteiger partial charge in [-0.2, -0.15) is 0 Å². The summed E-state index contributed by atoms with van der Waals surface area (Å²) in [5.74, 6) is -0.634. The largest absolute Gasteiger partial charge is 0.393 e. The van der Waals surface area contributed by atoms with Gasteiger partial charge in [-0.05, 0) is 62.9 Å². The van der Waals surface area contributed by atoms with E-state index in [9.17, 15) is 14.7 Å². The third kappa shape index (κ3) is 4.94. The topological polar surface area (TPSA) is 79.4 Å². The highest BCUT2D eigenvalue weighted by Crippen LogP contribution is 2.42. The fraction of sp³-hybridized carbons (Fsp3) is 0.714. The van der Waals surface area contributed by atoms with Crippen LogP contribution < -0.4 is 10.2 Å². The first-order valence-electron chi connectivity index (χ1n) is 13.9. The molecule has 0 radical (unpaired) electrons. The van der Waals surface area contributed by atoms with Crippen LogP contribution in [0.1, 0.15) is 62.6 Å². The number of aliphatic hydroxyl groups excluding tert-OH is 1. The van der Waals surface area contributed by atoms with Crippen LogP contribution in [0.5, 0.6) is 0 Å². The van der Waals surface area contributed by atoms with Crippen LogP contribution in [0.4, 0.5) is 10.5 Å². The molecule has 8 heteroatoms. The fourth-order valence-electron chi connectivity index (χ4n) is 6.80. The fourth-order valence-corrected chi connectivity index (χ4v) is 6.80. The van der Waals surface area contributed by atoms with Gasteiger partial charge in [0.25, 0.3) is 0 Å². The molecule has 3 amide bonds. The molecule has 2 N–H and O–H groups in total. The lowest BCUT2D eigenvalue weighted by Crippen LogP contribution is -2.61. The molecule has 8 nitrogen and oxygen atoms in total. The van der Waals surface area contributed by atoms with Crippen LogP contribution in [0.15, 0.2) is 18.2 Å². The molecular formula is C28H43N5O3. The minimum Gasteiger partial charge on any atom is -0.393 e. The average molecular weight is 498 g/mol. The first kappa shape index (κ1) is 25.3. The number of hydrogen-bond donors (Lipinski definition) is 2. The summed E-state index contributed by atoms with van der Waals surface area (Å²) in [6, 6.07) is 6.41. The third-order valence-electron chi connectivity index (χ3n) is 9.07. The number of urea groups is 1. The lowest BCUT2D eigenvalue weighted by atomic mass is 9.77. The van der Waals surface area contributed by atoms with Gasteiger partial charge in [-0.15, -0.1) is 0 Å². The van der Waals surface area contributed by atoms with Crippen molar-refractivity contribution >= 4 is 17.6 Å². The van der Waals surface area contributed by atoms with E-state index in [0.29, 0.717) is 13.0 Å². The monoisotopic (exact) mass is 497 g/mol. The highest BCUT2D eigenvalue weighted by molar-refractivity contribution is 5.84. The predicted octanol–water partition coefficient (Wildman–Crippen LogP) is 2.61. The van der Waals surface area contributed by atoms with Crippen molar-refractivity contribution in [3.8, 4) is 0 Å². The number of anilines is 1. The molecule has 198 valence electrons. The number of carbonyl (C=O) groups is 2. The Morgan fingerprint density at radius 2 is 1.83 bits per heavy atom. The van der Waals surface area contributed by atoms with Crippen LogP contribution in [0.3, 0.4) is 0 Å². The van der Waals surface area contributed by atoms with Gasteiger partial charge < -0.3 is 30.0 Å². The minimum absolute atomic E-state index is 0.0285. The molecule has 0 spiro atoms. The van der Waals surface area contributed by atoms with E-state index in [0.717, 1.165) is 58.3 Å². The number of nitrogens with one attached hydrogen (secondary N) is 1. The molecule has 2 saturated heterocycles. The van der Waals surface area contributed by atoms with Crippen LogP contribution in [-0.2, 0) is 11.2 Å². The summed E-state index contributed by atoms with van der Waals surface area (Å²) in [7, 11) is 3.96. The number of rotatable bonds is 4. The maximum atomic E-state index is 13.8. The van der Waals surface area contributed by atoms with Crippen molar-refractivity contribution in [1.82, 2.24) is 20.0 Å². The summed E-state index contributed by atoms with van der Waals surface area (Å²) in [4.78, 5) is 35.5. The minimum atomic E-state index is -0.813. The average Bonchev–Trinajstić information content (AvgIpc) is 2.88. The second kappa shape index (κ2) is 10.6. The van der Waals surface area contributed by atoms with Gasteiger partial charge in [0.2, 0.25) is 5.91 Å². The summed E-state index contributed by atoms with van der Waals surface area (Å²) in [5.41, 5.74) is 3.72. The van der Waals surface area contributed by atoms with E-state index in [1.54, 1.807) is 18.9 Å². The van der Waals surface area contributed by atoms with Gasteiger partial charge in [0.05, 0.1) is 18.1 Å². The lowest BCUT2D eigenvalue weighted by Gasteiger charge is -2.49. The Hall–Kier alpha value is -2.32. The number of piperidine rings is 1. The molecule has 0 unspecified atom stereocenters. The van der Waals surface area contributed by atoms with Crippen molar-refractivity contribution in [3.63, 3.8) is 0 Å². The van der Waals surface area contributed by atoms with Gasteiger partial charge in [-0.25, -0.2) is 4.79 Å². The first-order chi connectivity index (χ1) is 17.3. The number of likely N-dealkylation sites (N-methyl/N-ethyl adjacent to an activating group) is 1. The highest BCUT2D eigenvalue weighted by Gasteiger charge is 2.48. The van der Waals surface area contributed by atoms with E-state index < -0.39 is 12.0 Å². The third-order valence-corrected chi connectivity index (χ3v) is 9.07. The molecule has 4 atom stereocenters. The summed E-state index contributed by atoms with van der Waals surface area (Å²) >= 11 is 0. The van der Waals surface area contributed by atoms with E-state index in [1.165, 1.54) is 23.2 Å². The van der Waals surface area contributed by atoms with Gasteiger partial charge in [-0.3, -0.25) is 4.79 Å². The molecule has 3 heterocycles. The first-order valence-corrected chi connectivity index (χ1v) is 13.9. The molecule has 3 fully saturated rings. The Balaban J connectivity index is 1.39. The van der Waals surface area contributed by atoms with Gasteiger partial charge in [0, 0.05) is 57.5 Å². The number of amides is 3. The van der Waals surface area contributed by atoms with Crippen LogP contribution >= 0.6 is 0 Å². The van der Waals surface area contributed by atoms with E-state index in [4.69, 9.17) is 0 Å². The van der Waals surface area contributed by atoms with E-state index in [1.807, 2.05) is 4.90 Å². The molecule has 4 aliphatic rings. The summed E-state index contributed by atoms with van der Waals surface area (Å²) in [6.45, 7) is 6.44. The van der Waals surface area contributed by atoms with Gasteiger partial charge >= 0.3 is 6.03 Å². The summed E-state index contributed by atoms with van der Waals surface area (Å²) in [5, 5.41) is 13.9. The zero-order valence-corrected chi connectivity index (χ0v) is 22.2. The second-order valence-electron chi connectivity index (χ2n) is 11.4. The lowest BCUT2D eigenvalue weighted by molar-refractivity contribution is -0.151. The van der Waals surface area contributed by atoms with Crippen molar-refractivity contribution in [1.29, 1.82) is 0 Å². The number of fused-ring (bicyclic) bond motifs is 3. The number of aliphatic hydroxyl groups is 1. The zero-order chi connectivity index (χ0) is 25.4. The molecule has 1 aromatic carbocycles. The smallest absolute Gasteiger partial charge is 0.317 e. The van der Waals surface area contributed by atoms with Crippen molar-refractivity contribution < 1.29 is 14.7 Å². The number of benzene rings is 1. The molecule has 3 aliphatic heterocycles. The Kier molecular flexibility index (Phi) is 7.45. The van der Waals surface area contributed by atoms with E-state index in [-0.39, 0.29) is 30.1 Å². The molecule has 1 saturated carbocycles. The number of hydrogen-bond acceptors (Lipinski definition) is 5. The second-order valence-corrected chi connectivity index (χ2v) is 11.4. The number of piperazine rings is 1. The number of nitrogens with zero attached hydrogens (tertiary/aromatic N) is 4. The SMILES string of the molecule is C[C@H](O)[C@@H]1C(=O)N2CCc3ccc(N4CCN(C)CC4)cc3[C@@H]2C[C@@H]1N(C)C(=O)NC1CCCCC1. The molecule has 36 heavy (non-hydrogen) atoms. The van der Waals surface area contributed by atoms with Gasteiger partial charge in [-0.1, -0.05) is 25.3 Å². The van der Waals surface area contributed by atoms with E-state index >= 15 is 0 Å². The predicted molar refractivity (Wildman–Crippen MR) is 141 cm³/mol. The van der Waals surface area contributed by atoms with Crippen molar-refractivity contribution in [2.45, 2.75) is 76.1 Å². The van der Waals surface area contributed by atoms with Gasteiger partial charge in [0.15, 0.2) is 0 Å². The van der Waals surface area contributed by atoms with Gasteiger partial charge in [0.1, 0.15) is 0 Å². The quantitative estimate of drug-likeness (QED) is 0.669. The van der Waals surface area contributed by atoms with Crippen LogP contribution in [-0.4, -0.2) is 96.8 Å². The molecular weight excluding hydrogens is 454 g/mol. The summed E-state index contributed by atoms with van der Waals surface area (Å²) in [6.07, 6.45) is 6.23. The molecule has 0 aromatic heterocycles.